The van der Waals surface area contributed by atoms with E-state index in [4.69, 9.17) is 0 Å². The molecule has 5 heteroatoms. The van der Waals surface area contributed by atoms with Gasteiger partial charge in [-0.1, -0.05) is 30.8 Å². The van der Waals surface area contributed by atoms with Crippen molar-refractivity contribution in [2.45, 2.75) is 0 Å². The maximum atomic E-state index is 4.67. The highest BCUT2D eigenvalue weighted by Crippen LogP contribution is 2.24. The summed E-state index contributed by atoms with van der Waals surface area (Å²) in [5.41, 5.74) is 5.02. The van der Waals surface area contributed by atoms with Gasteiger partial charge in [-0.05, 0) is 40.8 Å². The van der Waals surface area contributed by atoms with E-state index in [0.717, 1.165) is 28.2 Å². The minimum Gasteiger partial charge on any atom is -0.305 e. The molecule has 0 spiro atoms. The third kappa shape index (κ3) is 2.68. The van der Waals surface area contributed by atoms with E-state index in [0.29, 0.717) is 0 Å². The van der Waals surface area contributed by atoms with Gasteiger partial charge in [0.15, 0.2) is 0 Å². The van der Waals surface area contributed by atoms with Crippen LogP contribution in [0.1, 0.15) is 0 Å². The first-order valence-corrected chi connectivity index (χ1v) is 8.23. The number of nitrogens with zero attached hydrogens (tertiary/aromatic N) is 4. The van der Waals surface area contributed by atoms with Gasteiger partial charge in [-0.3, -0.25) is 0 Å². The molecule has 0 aliphatic rings. The minimum atomic E-state index is 0.931. The van der Waals surface area contributed by atoms with Crippen LogP contribution in [-0.2, 0) is 0 Å². The lowest BCUT2D eigenvalue weighted by molar-refractivity contribution is 0.941. The van der Waals surface area contributed by atoms with Crippen LogP contribution in [-0.4, -0.2) is 19.2 Å². The molecule has 23 heavy (non-hydrogen) atoms. The third-order valence-electron chi connectivity index (χ3n) is 3.69. The molecule has 1 aromatic carbocycles. The molecule has 112 valence electrons. The summed E-state index contributed by atoms with van der Waals surface area (Å²) in [6.07, 6.45) is 7.69. The Bertz CT molecular complexity index is 995. The van der Waals surface area contributed by atoms with Gasteiger partial charge in [0.05, 0.1) is 11.4 Å². The summed E-state index contributed by atoms with van der Waals surface area (Å²) in [6.45, 7) is 3.71. The quantitative estimate of drug-likeness (QED) is 0.462. The Hall–Kier alpha value is -2.41. The summed E-state index contributed by atoms with van der Waals surface area (Å²) < 4.78 is 4.94. The Morgan fingerprint density at radius 1 is 0.913 bits per heavy atom. The van der Waals surface area contributed by atoms with Gasteiger partial charge >= 0.3 is 0 Å². The Morgan fingerprint density at radius 3 is 2.35 bits per heavy atom. The van der Waals surface area contributed by atoms with Crippen LogP contribution in [0.25, 0.3) is 34.4 Å². The first kappa shape index (κ1) is 14.2. The van der Waals surface area contributed by atoms with Crippen molar-refractivity contribution in [3.63, 3.8) is 0 Å². The Balaban J connectivity index is 1.70. The number of pyridine rings is 1. The molecular weight excluding hydrogens is 399 g/mol. The number of imidazole rings is 1. The summed E-state index contributed by atoms with van der Waals surface area (Å²) in [5.74, 6) is 0. The highest BCUT2D eigenvalue weighted by molar-refractivity contribution is 14.1. The normalized spacial score (nSPS) is 11.0. The lowest BCUT2D eigenvalue weighted by Crippen LogP contribution is -1.86. The van der Waals surface area contributed by atoms with Crippen LogP contribution in [0.4, 0.5) is 0 Å². The maximum Gasteiger partial charge on any atom is 0.137 e. The van der Waals surface area contributed by atoms with Crippen LogP contribution >= 0.6 is 22.6 Å². The largest absolute Gasteiger partial charge is 0.305 e. The van der Waals surface area contributed by atoms with E-state index in [1.54, 1.807) is 10.9 Å². The predicted octanol–water partition coefficient (Wildman–Crippen LogP) is 4.57. The number of hydrogen-bond donors (Lipinski definition) is 0. The molecular formula is C18H13IN4. The van der Waals surface area contributed by atoms with Crippen molar-refractivity contribution in [2.24, 2.45) is 0 Å². The van der Waals surface area contributed by atoms with Crippen LogP contribution < -0.4 is 0 Å². The average Bonchev–Trinajstić information content (AvgIpc) is 3.21. The predicted molar refractivity (Wildman–Crippen MR) is 101 cm³/mol. The molecule has 4 nitrogen and oxygen atoms in total. The monoisotopic (exact) mass is 412 g/mol. The minimum absolute atomic E-state index is 0.931. The molecule has 4 rings (SSSR count). The maximum absolute atomic E-state index is 4.67. The lowest BCUT2D eigenvalue weighted by atomic mass is 10.1. The van der Waals surface area contributed by atoms with Crippen molar-refractivity contribution >= 4 is 34.4 Å². The van der Waals surface area contributed by atoms with Gasteiger partial charge in [0.1, 0.15) is 5.65 Å². The van der Waals surface area contributed by atoms with Crippen LogP contribution in [0.15, 0.2) is 67.6 Å². The van der Waals surface area contributed by atoms with E-state index in [1.165, 1.54) is 3.57 Å². The molecule has 0 saturated carbocycles. The molecule has 0 amide bonds. The van der Waals surface area contributed by atoms with E-state index in [1.807, 2.05) is 18.3 Å². The summed E-state index contributed by atoms with van der Waals surface area (Å²) in [7, 11) is 0. The number of halogens is 1. The lowest BCUT2D eigenvalue weighted by Gasteiger charge is -1.99. The highest BCUT2D eigenvalue weighted by Gasteiger charge is 2.06. The van der Waals surface area contributed by atoms with Crippen molar-refractivity contribution in [2.75, 3.05) is 0 Å². The van der Waals surface area contributed by atoms with Crippen molar-refractivity contribution < 1.29 is 0 Å². The van der Waals surface area contributed by atoms with Gasteiger partial charge in [-0.25, -0.2) is 9.67 Å². The van der Waals surface area contributed by atoms with E-state index < -0.39 is 0 Å². The Kier molecular flexibility index (Phi) is 3.49. The van der Waals surface area contributed by atoms with Crippen molar-refractivity contribution in [1.82, 2.24) is 19.2 Å². The number of hydrogen-bond acceptors (Lipinski definition) is 2. The molecule has 4 aromatic rings. The number of aromatic nitrogens is 4. The summed E-state index contributed by atoms with van der Waals surface area (Å²) in [6, 6.07) is 14.4. The van der Waals surface area contributed by atoms with Crippen molar-refractivity contribution in [1.29, 1.82) is 0 Å². The second-order valence-electron chi connectivity index (χ2n) is 5.18. The van der Waals surface area contributed by atoms with Gasteiger partial charge in [0.2, 0.25) is 0 Å². The van der Waals surface area contributed by atoms with Crippen molar-refractivity contribution in [3.8, 4) is 22.5 Å². The Labute approximate surface area is 147 Å². The van der Waals surface area contributed by atoms with Gasteiger partial charge in [0.25, 0.3) is 0 Å². The number of benzene rings is 1. The first-order chi connectivity index (χ1) is 11.2. The average molecular weight is 412 g/mol. The SMILES string of the molecule is C=Cn1ccc(-c2ccc(-c3cn4cc(I)ccc4n3)cc2)n1. The molecule has 0 atom stereocenters. The smallest absolute Gasteiger partial charge is 0.137 e. The molecule has 0 fully saturated rings. The molecule has 0 N–H and O–H groups in total. The standard InChI is InChI=1S/C18H13IN4/c1-2-23-10-9-16(21-23)13-3-5-14(6-4-13)17-12-22-11-15(19)7-8-18(22)20-17/h2-12H,1H2. The molecule has 0 unspecified atom stereocenters. The first-order valence-electron chi connectivity index (χ1n) is 7.16. The topological polar surface area (TPSA) is 35.1 Å². The van der Waals surface area contributed by atoms with Gasteiger partial charge < -0.3 is 4.40 Å². The zero-order valence-corrected chi connectivity index (χ0v) is 14.4. The van der Waals surface area contributed by atoms with Crippen molar-refractivity contribution in [3.05, 3.63) is 71.2 Å². The number of rotatable bonds is 3. The highest BCUT2D eigenvalue weighted by atomic mass is 127. The molecule has 3 aromatic heterocycles. The van der Waals surface area contributed by atoms with Crippen LogP contribution in [0.2, 0.25) is 0 Å². The second-order valence-corrected chi connectivity index (χ2v) is 6.43. The molecule has 0 saturated heterocycles. The Morgan fingerprint density at radius 2 is 1.65 bits per heavy atom. The molecule has 0 bridgehead atoms. The summed E-state index contributed by atoms with van der Waals surface area (Å²) >= 11 is 2.30. The van der Waals surface area contributed by atoms with Gasteiger partial charge in [-0.2, -0.15) is 5.10 Å². The van der Waals surface area contributed by atoms with E-state index in [2.05, 4.69) is 86.4 Å². The third-order valence-corrected chi connectivity index (χ3v) is 4.32. The van der Waals surface area contributed by atoms with Crippen LogP contribution in [0.3, 0.4) is 0 Å². The molecule has 0 radical (unpaired) electrons. The van der Waals surface area contributed by atoms with Gasteiger partial charge in [0, 0.05) is 39.5 Å². The van der Waals surface area contributed by atoms with Gasteiger partial charge in [-0.15, -0.1) is 0 Å². The molecule has 3 heterocycles. The summed E-state index contributed by atoms with van der Waals surface area (Å²) in [4.78, 5) is 4.67. The fourth-order valence-corrected chi connectivity index (χ4v) is 2.99. The van der Waals surface area contributed by atoms with E-state index >= 15 is 0 Å². The molecule has 0 aliphatic carbocycles. The van der Waals surface area contributed by atoms with Crippen LogP contribution in [0, 0.1) is 3.57 Å². The summed E-state index contributed by atoms with van der Waals surface area (Å²) in [5, 5.41) is 4.42. The fourth-order valence-electron chi connectivity index (χ4n) is 2.51. The zero-order valence-electron chi connectivity index (χ0n) is 12.2. The fraction of sp³-hybridized carbons (Fsp3) is 0. The zero-order chi connectivity index (χ0) is 15.8. The number of fused-ring (bicyclic) bond motifs is 1. The second kappa shape index (κ2) is 5.66. The van der Waals surface area contributed by atoms with Crippen LogP contribution in [0.5, 0.6) is 0 Å². The van der Waals surface area contributed by atoms with E-state index in [-0.39, 0.29) is 0 Å². The van der Waals surface area contributed by atoms with E-state index in [9.17, 15) is 0 Å². The molecule has 0 aliphatic heterocycles.